The molecule has 0 saturated carbocycles. The molecule has 0 aliphatic rings. The molecule has 0 spiro atoms. The van der Waals surface area contributed by atoms with Crippen LogP contribution >= 0.6 is 0 Å². The maximum absolute atomic E-state index is 5.99. The minimum atomic E-state index is 0.0827. The second kappa shape index (κ2) is 6.50. The second-order valence-corrected chi connectivity index (χ2v) is 4.87. The molecule has 0 aromatic heterocycles. The number of nitrogens with two attached hydrogens (primary N) is 2. The molecule has 0 heterocycles. The molecule has 4 N–H and O–H groups in total. The van der Waals surface area contributed by atoms with E-state index in [1.165, 1.54) is 0 Å². The van der Waals surface area contributed by atoms with Gasteiger partial charge in [0, 0.05) is 11.8 Å². The van der Waals surface area contributed by atoms with Crippen molar-refractivity contribution in [3.8, 4) is 11.5 Å². The van der Waals surface area contributed by atoms with Crippen molar-refractivity contribution in [3.63, 3.8) is 0 Å². The average molecular weight is 252 g/mol. The molecule has 0 aliphatic carbocycles. The molecular formula is C14H24N2O2. The van der Waals surface area contributed by atoms with Crippen LogP contribution in [-0.2, 0) is 6.42 Å². The summed E-state index contributed by atoms with van der Waals surface area (Å²) in [5.41, 5.74) is 13.3. The fourth-order valence-electron chi connectivity index (χ4n) is 1.68. The highest BCUT2D eigenvalue weighted by Gasteiger charge is 2.12. The Morgan fingerprint density at radius 2 is 1.50 bits per heavy atom. The largest absolute Gasteiger partial charge is 0.487 e. The van der Waals surface area contributed by atoms with Crippen LogP contribution < -0.4 is 20.9 Å². The van der Waals surface area contributed by atoms with Gasteiger partial charge in [-0.15, -0.1) is 0 Å². The number of ether oxygens (including phenoxy) is 2. The van der Waals surface area contributed by atoms with Crippen LogP contribution in [0.15, 0.2) is 12.1 Å². The van der Waals surface area contributed by atoms with Gasteiger partial charge in [0.15, 0.2) is 11.5 Å². The van der Waals surface area contributed by atoms with Crippen LogP contribution in [-0.4, -0.2) is 18.8 Å². The molecule has 0 unspecified atom stereocenters. The smallest absolute Gasteiger partial charge is 0.163 e. The lowest BCUT2D eigenvalue weighted by atomic mass is 10.1. The minimum Gasteiger partial charge on any atom is -0.487 e. The molecule has 0 bridgehead atoms. The van der Waals surface area contributed by atoms with Gasteiger partial charge in [0.2, 0.25) is 0 Å². The van der Waals surface area contributed by atoms with Crippen molar-refractivity contribution in [2.45, 2.75) is 46.3 Å². The van der Waals surface area contributed by atoms with E-state index >= 15 is 0 Å². The summed E-state index contributed by atoms with van der Waals surface area (Å²) < 4.78 is 11.5. The van der Waals surface area contributed by atoms with Crippen LogP contribution in [0.4, 0.5) is 5.69 Å². The summed E-state index contributed by atoms with van der Waals surface area (Å²) in [5.74, 6) is 1.42. The average Bonchev–Trinajstić information content (AvgIpc) is 2.23. The zero-order valence-electron chi connectivity index (χ0n) is 11.7. The molecule has 0 fully saturated rings. The first-order valence-corrected chi connectivity index (χ1v) is 6.39. The van der Waals surface area contributed by atoms with E-state index in [1.54, 1.807) is 0 Å². The molecule has 1 aromatic carbocycles. The second-order valence-electron chi connectivity index (χ2n) is 4.87. The molecule has 0 aliphatic heterocycles. The van der Waals surface area contributed by atoms with Gasteiger partial charge in [-0.25, -0.2) is 0 Å². The Morgan fingerprint density at radius 3 is 1.94 bits per heavy atom. The highest BCUT2D eigenvalue weighted by molar-refractivity contribution is 5.58. The molecule has 0 radical (unpaired) electrons. The third kappa shape index (κ3) is 4.11. The number of hydrogen-bond acceptors (Lipinski definition) is 4. The molecule has 0 atom stereocenters. The fourth-order valence-corrected chi connectivity index (χ4v) is 1.68. The van der Waals surface area contributed by atoms with E-state index in [0.717, 1.165) is 17.7 Å². The van der Waals surface area contributed by atoms with Crippen molar-refractivity contribution < 1.29 is 9.47 Å². The number of nitrogen functional groups attached to an aromatic ring is 1. The van der Waals surface area contributed by atoms with Crippen molar-refractivity contribution in [1.82, 2.24) is 0 Å². The van der Waals surface area contributed by atoms with Crippen molar-refractivity contribution in [1.29, 1.82) is 0 Å². The summed E-state index contributed by atoms with van der Waals surface area (Å²) in [5, 5.41) is 0. The first kappa shape index (κ1) is 14.6. The van der Waals surface area contributed by atoms with E-state index in [-0.39, 0.29) is 12.2 Å². The van der Waals surface area contributed by atoms with Crippen LogP contribution in [0.2, 0.25) is 0 Å². The lowest BCUT2D eigenvalue weighted by molar-refractivity contribution is 0.199. The first-order chi connectivity index (χ1) is 8.43. The standard InChI is InChI=1S/C14H24N2O2/c1-9(2)17-13-7-11(5-6-15)12(16)8-14(13)18-10(3)4/h7-10H,5-6,15-16H2,1-4H3. The van der Waals surface area contributed by atoms with Gasteiger partial charge in [-0.05, 0) is 52.3 Å². The van der Waals surface area contributed by atoms with Gasteiger partial charge in [-0.3, -0.25) is 0 Å². The summed E-state index contributed by atoms with van der Waals surface area (Å²) in [7, 11) is 0. The Balaban J connectivity index is 3.10. The lowest BCUT2D eigenvalue weighted by Crippen LogP contribution is -2.12. The Kier molecular flexibility index (Phi) is 5.28. The first-order valence-electron chi connectivity index (χ1n) is 6.39. The fraction of sp³-hybridized carbons (Fsp3) is 0.571. The molecular weight excluding hydrogens is 228 g/mol. The van der Waals surface area contributed by atoms with Crippen LogP contribution in [0.5, 0.6) is 11.5 Å². The maximum Gasteiger partial charge on any atom is 0.163 e. The molecule has 102 valence electrons. The molecule has 18 heavy (non-hydrogen) atoms. The summed E-state index contributed by atoms with van der Waals surface area (Å²) in [6, 6.07) is 3.75. The Hall–Kier alpha value is -1.42. The van der Waals surface area contributed by atoms with Gasteiger partial charge >= 0.3 is 0 Å². The quantitative estimate of drug-likeness (QED) is 0.762. The number of rotatable bonds is 6. The highest BCUT2D eigenvalue weighted by atomic mass is 16.5. The monoisotopic (exact) mass is 252 g/mol. The van der Waals surface area contributed by atoms with Crippen LogP contribution in [0.3, 0.4) is 0 Å². The normalized spacial score (nSPS) is 11.1. The van der Waals surface area contributed by atoms with Gasteiger partial charge in [0.1, 0.15) is 0 Å². The van der Waals surface area contributed by atoms with Crippen LogP contribution in [0.1, 0.15) is 33.3 Å². The number of hydrogen-bond donors (Lipinski definition) is 2. The Morgan fingerprint density at radius 1 is 1.00 bits per heavy atom. The van der Waals surface area contributed by atoms with Crippen molar-refractivity contribution >= 4 is 5.69 Å². The summed E-state index contributed by atoms with van der Waals surface area (Å²) in [6.45, 7) is 8.48. The van der Waals surface area contributed by atoms with Gasteiger partial charge in [0.25, 0.3) is 0 Å². The lowest BCUT2D eigenvalue weighted by Gasteiger charge is -2.19. The van der Waals surface area contributed by atoms with E-state index in [9.17, 15) is 0 Å². The van der Waals surface area contributed by atoms with E-state index in [4.69, 9.17) is 20.9 Å². The van der Waals surface area contributed by atoms with E-state index in [0.29, 0.717) is 18.0 Å². The predicted octanol–water partition coefficient (Wildman–Crippen LogP) is 2.34. The van der Waals surface area contributed by atoms with Crippen molar-refractivity contribution in [3.05, 3.63) is 17.7 Å². The third-order valence-corrected chi connectivity index (χ3v) is 2.34. The predicted molar refractivity (Wildman–Crippen MR) is 75.1 cm³/mol. The summed E-state index contributed by atoms with van der Waals surface area (Å²) in [6.07, 6.45) is 0.913. The molecule has 1 rings (SSSR count). The highest BCUT2D eigenvalue weighted by Crippen LogP contribution is 2.34. The molecule has 0 saturated heterocycles. The van der Waals surface area contributed by atoms with E-state index in [2.05, 4.69) is 0 Å². The van der Waals surface area contributed by atoms with Crippen molar-refractivity contribution in [2.75, 3.05) is 12.3 Å². The topological polar surface area (TPSA) is 70.5 Å². The Labute approximate surface area is 109 Å². The van der Waals surface area contributed by atoms with Gasteiger partial charge < -0.3 is 20.9 Å². The van der Waals surface area contributed by atoms with Gasteiger partial charge in [0.05, 0.1) is 12.2 Å². The molecule has 4 nitrogen and oxygen atoms in total. The molecule has 0 amide bonds. The summed E-state index contributed by atoms with van der Waals surface area (Å²) in [4.78, 5) is 0. The van der Waals surface area contributed by atoms with Crippen molar-refractivity contribution in [2.24, 2.45) is 5.73 Å². The zero-order valence-corrected chi connectivity index (χ0v) is 11.7. The third-order valence-electron chi connectivity index (χ3n) is 2.34. The van der Waals surface area contributed by atoms with Crippen LogP contribution in [0, 0.1) is 0 Å². The molecule has 4 heteroatoms. The minimum absolute atomic E-state index is 0.0827. The summed E-state index contributed by atoms with van der Waals surface area (Å²) >= 11 is 0. The number of anilines is 1. The number of benzene rings is 1. The van der Waals surface area contributed by atoms with Gasteiger partial charge in [-0.2, -0.15) is 0 Å². The SMILES string of the molecule is CC(C)Oc1cc(N)c(CCN)cc1OC(C)C. The zero-order chi connectivity index (χ0) is 13.7. The van der Waals surface area contributed by atoms with E-state index in [1.807, 2.05) is 39.8 Å². The van der Waals surface area contributed by atoms with E-state index < -0.39 is 0 Å². The van der Waals surface area contributed by atoms with Crippen LogP contribution in [0.25, 0.3) is 0 Å². The molecule has 1 aromatic rings. The van der Waals surface area contributed by atoms with Gasteiger partial charge in [-0.1, -0.05) is 0 Å². The Bertz CT molecular complexity index is 390. The maximum atomic E-state index is 5.99.